The zero-order valence-corrected chi connectivity index (χ0v) is 8.44. The Morgan fingerprint density at radius 2 is 2.36 bits per heavy atom. The molecule has 0 radical (unpaired) electrons. The van der Waals surface area contributed by atoms with E-state index in [2.05, 4.69) is 10.4 Å². The first-order valence-electron chi connectivity index (χ1n) is 4.46. The standard InChI is InChI=1S/C9H16N4O/c1-7(6-14)13(2)9-5-3-4-8(11-9)12-10/h3-5,7,14H,6,10H2,1-2H3,(H,11,12). The maximum Gasteiger partial charge on any atom is 0.142 e. The van der Waals surface area contributed by atoms with Crippen LogP contribution in [0.1, 0.15) is 6.92 Å². The molecule has 0 bridgehead atoms. The summed E-state index contributed by atoms with van der Waals surface area (Å²) in [5.74, 6) is 6.64. The molecule has 1 atom stereocenters. The first-order chi connectivity index (χ1) is 6.69. The second-order valence-electron chi connectivity index (χ2n) is 3.17. The number of hydrogen-bond donors (Lipinski definition) is 3. The van der Waals surface area contributed by atoms with Gasteiger partial charge in [0, 0.05) is 7.05 Å². The van der Waals surface area contributed by atoms with Gasteiger partial charge in [-0.25, -0.2) is 10.8 Å². The van der Waals surface area contributed by atoms with Crippen LogP contribution in [0.2, 0.25) is 0 Å². The third kappa shape index (κ3) is 2.34. The topological polar surface area (TPSA) is 74.4 Å². The number of aliphatic hydroxyl groups is 1. The number of likely N-dealkylation sites (N-methyl/N-ethyl adjacent to an activating group) is 1. The van der Waals surface area contributed by atoms with Gasteiger partial charge in [0.25, 0.3) is 0 Å². The fraction of sp³-hybridized carbons (Fsp3) is 0.444. The monoisotopic (exact) mass is 196 g/mol. The van der Waals surface area contributed by atoms with Crippen molar-refractivity contribution in [1.82, 2.24) is 4.98 Å². The summed E-state index contributed by atoms with van der Waals surface area (Å²) in [5, 5.41) is 8.98. The van der Waals surface area contributed by atoms with Crippen molar-refractivity contribution in [2.24, 2.45) is 5.84 Å². The molecule has 0 aromatic carbocycles. The average Bonchev–Trinajstić information content (AvgIpc) is 2.27. The Morgan fingerprint density at radius 3 is 2.93 bits per heavy atom. The van der Waals surface area contributed by atoms with E-state index in [-0.39, 0.29) is 12.6 Å². The highest BCUT2D eigenvalue weighted by Crippen LogP contribution is 2.14. The first kappa shape index (κ1) is 10.7. The fourth-order valence-corrected chi connectivity index (χ4v) is 1.05. The number of rotatable bonds is 4. The molecule has 0 saturated heterocycles. The molecule has 0 fully saturated rings. The summed E-state index contributed by atoms with van der Waals surface area (Å²) in [7, 11) is 1.88. The minimum Gasteiger partial charge on any atom is -0.394 e. The highest BCUT2D eigenvalue weighted by Gasteiger charge is 2.09. The molecular formula is C9H16N4O. The van der Waals surface area contributed by atoms with Crippen molar-refractivity contribution >= 4 is 11.6 Å². The van der Waals surface area contributed by atoms with E-state index >= 15 is 0 Å². The summed E-state index contributed by atoms with van der Waals surface area (Å²) in [4.78, 5) is 6.13. The lowest BCUT2D eigenvalue weighted by molar-refractivity contribution is 0.270. The number of hydrogen-bond acceptors (Lipinski definition) is 5. The number of nitrogens with two attached hydrogens (primary N) is 1. The molecule has 0 aliphatic heterocycles. The smallest absolute Gasteiger partial charge is 0.142 e. The predicted molar refractivity (Wildman–Crippen MR) is 57.0 cm³/mol. The molecule has 0 amide bonds. The number of pyridine rings is 1. The van der Waals surface area contributed by atoms with Crippen LogP contribution < -0.4 is 16.2 Å². The van der Waals surface area contributed by atoms with Crippen molar-refractivity contribution in [1.29, 1.82) is 0 Å². The Morgan fingerprint density at radius 1 is 1.64 bits per heavy atom. The van der Waals surface area contributed by atoms with Gasteiger partial charge in [0.05, 0.1) is 12.6 Å². The van der Waals surface area contributed by atoms with Crippen molar-refractivity contribution in [2.75, 3.05) is 24.0 Å². The quantitative estimate of drug-likeness (QED) is 0.473. The van der Waals surface area contributed by atoms with Crippen molar-refractivity contribution in [2.45, 2.75) is 13.0 Å². The van der Waals surface area contributed by atoms with E-state index in [0.717, 1.165) is 5.82 Å². The molecule has 0 aliphatic carbocycles. The van der Waals surface area contributed by atoms with Gasteiger partial charge in [0.15, 0.2) is 0 Å². The number of hydrazine groups is 1. The molecule has 1 heterocycles. The summed E-state index contributed by atoms with van der Waals surface area (Å²) in [6.07, 6.45) is 0. The maximum absolute atomic E-state index is 8.98. The van der Waals surface area contributed by atoms with E-state index in [4.69, 9.17) is 10.9 Å². The highest BCUT2D eigenvalue weighted by molar-refractivity contribution is 5.46. The van der Waals surface area contributed by atoms with Crippen LogP contribution in [0.25, 0.3) is 0 Å². The average molecular weight is 196 g/mol. The highest BCUT2D eigenvalue weighted by atomic mass is 16.3. The molecule has 1 aromatic rings. The molecule has 5 heteroatoms. The fourth-order valence-electron chi connectivity index (χ4n) is 1.05. The lowest BCUT2D eigenvalue weighted by Crippen LogP contribution is -2.32. The maximum atomic E-state index is 8.98. The third-order valence-corrected chi connectivity index (χ3v) is 2.17. The second-order valence-corrected chi connectivity index (χ2v) is 3.17. The van der Waals surface area contributed by atoms with Crippen LogP contribution in [0.5, 0.6) is 0 Å². The number of anilines is 2. The molecule has 1 rings (SSSR count). The van der Waals surface area contributed by atoms with Crippen LogP contribution in [0.15, 0.2) is 18.2 Å². The van der Waals surface area contributed by atoms with Crippen molar-refractivity contribution in [3.63, 3.8) is 0 Å². The molecule has 5 nitrogen and oxygen atoms in total. The zero-order chi connectivity index (χ0) is 10.6. The van der Waals surface area contributed by atoms with Crippen LogP contribution in [0, 0.1) is 0 Å². The summed E-state index contributed by atoms with van der Waals surface area (Å²) in [6, 6.07) is 5.54. The molecule has 4 N–H and O–H groups in total. The Balaban J connectivity index is 2.83. The van der Waals surface area contributed by atoms with Gasteiger partial charge in [-0.15, -0.1) is 0 Å². The molecule has 1 unspecified atom stereocenters. The molecule has 78 valence electrons. The van der Waals surface area contributed by atoms with Gasteiger partial charge in [0.1, 0.15) is 11.6 Å². The lowest BCUT2D eigenvalue weighted by atomic mass is 10.3. The molecule has 1 aromatic heterocycles. The Labute approximate surface area is 83.5 Å². The Hall–Kier alpha value is -1.33. The van der Waals surface area contributed by atoms with Gasteiger partial charge in [-0.2, -0.15) is 0 Å². The van der Waals surface area contributed by atoms with E-state index in [1.165, 1.54) is 0 Å². The second kappa shape index (κ2) is 4.78. The SMILES string of the molecule is CC(CO)N(C)c1cccc(NN)n1. The summed E-state index contributed by atoms with van der Waals surface area (Å²) < 4.78 is 0. The van der Waals surface area contributed by atoms with E-state index in [1.807, 2.05) is 31.0 Å². The van der Waals surface area contributed by atoms with Crippen LogP contribution in [0.3, 0.4) is 0 Å². The lowest BCUT2D eigenvalue weighted by Gasteiger charge is -2.24. The van der Waals surface area contributed by atoms with Crippen LogP contribution in [-0.2, 0) is 0 Å². The van der Waals surface area contributed by atoms with Crippen LogP contribution in [-0.4, -0.2) is 29.8 Å². The zero-order valence-electron chi connectivity index (χ0n) is 8.44. The minimum atomic E-state index is 0.0375. The van der Waals surface area contributed by atoms with Crippen LogP contribution in [0.4, 0.5) is 11.6 Å². The molecular weight excluding hydrogens is 180 g/mol. The summed E-state index contributed by atoms with van der Waals surface area (Å²) in [6.45, 7) is 2.02. The van der Waals surface area contributed by atoms with Gasteiger partial charge in [-0.1, -0.05) is 6.07 Å². The molecule has 0 spiro atoms. The largest absolute Gasteiger partial charge is 0.394 e. The van der Waals surface area contributed by atoms with E-state index in [0.29, 0.717) is 5.82 Å². The summed E-state index contributed by atoms with van der Waals surface area (Å²) in [5.41, 5.74) is 2.48. The number of aromatic nitrogens is 1. The number of nitrogen functional groups attached to an aromatic ring is 1. The first-order valence-corrected chi connectivity index (χ1v) is 4.46. The predicted octanol–water partition coefficient (Wildman–Crippen LogP) is 0.184. The van der Waals surface area contributed by atoms with E-state index in [1.54, 1.807) is 6.07 Å². The number of nitrogens with one attached hydrogen (secondary N) is 1. The normalized spacial score (nSPS) is 12.3. The van der Waals surface area contributed by atoms with Crippen molar-refractivity contribution in [3.8, 4) is 0 Å². The molecule has 0 aliphatic rings. The molecule has 14 heavy (non-hydrogen) atoms. The van der Waals surface area contributed by atoms with Gasteiger partial charge in [-0.3, -0.25) is 0 Å². The van der Waals surface area contributed by atoms with Crippen molar-refractivity contribution in [3.05, 3.63) is 18.2 Å². The van der Waals surface area contributed by atoms with Crippen molar-refractivity contribution < 1.29 is 5.11 Å². The van der Waals surface area contributed by atoms with Gasteiger partial charge in [-0.05, 0) is 19.1 Å². The Bertz CT molecular complexity index is 292. The van der Waals surface area contributed by atoms with Gasteiger partial charge < -0.3 is 15.4 Å². The third-order valence-electron chi connectivity index (χ3n) is 2.17. The van der Waals surface area contributed by atoms with Gasteiger partial charge in [0.2, 0.25) is 0 Å². The van der Waals surface area contributed by atoms with E-state index in [9.17, 15) is 0 Å². The minimum absolute atomic E-state index is 0.0375. The van der Waals surface area contributed by atoms with E-state index < -0.39 is 0 Å². The van der Waals surface area contributed by atoms with Crippen LogP contribution >= 0.6 is 0 Å². The molecule has 0 saturated carbocycles. The van der Waals surface area contributed by atoms with Gasteiger partial charge >= 0.3 is 0 Å². The summed E-state index contributed by atoms with van der Waals surface area (Å²) >= 11 is 0. The number of aliphatic hydroxyl groups excluding tert-OH is 1. The number of nitrogens with zero attached hydrogens (tertiary/aromatic N) is 2. The Kier molecular flexibility index (Phi) is 3.67.